The Morgan fingerprint density at radius 3 is 2.41 bits per heavy atom. The van der Waals surface area contributed by atoms with Gasteiger partial charge in [0, 0.05) is 32.1 Å². The molecule has 0 spiro atoms. The van der Waals surface area contributed by atoms with E-state index in [1.165, 1.54) is 11.1 Å². The topological polar surface area (TPSA) is 61.8 Å². The molecule has 5 heteroatoms. The number of aliphatic hydroxyl groups is 1. The summed E-state index contributed by atoms with van der Waals surface area (Å²) >= 11 is 0. The molecule has 5 nitrogen and oxygen atoms in total. The predicted octanol–water partition coefficient (Wildman–Crippen LogP) is 2.38. The number of benzene rings is 2. The third-order valence-corrected chi connectivity index (χ3v) is 4.93. The van der Waals surface area contributed by atoms with E-state index >= 15 is 0 Å². The summed E-state index contributed by atoms with van der Waals surface area (Å²) in [4.78, 5) is 13.6. The van der Waals surface area contributed by atoms with Crippen LogP contribution in [0, 0.1) is 0 Å². The van der Waals surface area contributed by atoms with Crippen LogP contribution in [-0.4, -0.2) is 48.3 Å². The van der Waals surface area contributed by atoms with Crippen LogP contribution in [0.5, 0.6) is 5.75 Å². The van der Waals surface area contributed by atoms with Gasteiger partial charge < -0.3 is 15.2 Å². The van der Waals surface area contributed by atoms with Gasteiger partial charge in [-0.1, -0.05) is 42.5 Å². The first-order chi connectivity index (χ1) is 13.2. The Labute approximate surface area is 161 Å². The zero-order chi connectivity index (χ0) is 18.9. The van der Waals surface area contributed by atoms with Crippen molar-refractivity contribution >= 4 is 5.91 Å². The molecular formula is C22H28N2O3. The fraction of sp³-hybridized carbons (Fsp3) is 0.409. The number of amides is 1. The van der Waals surface area contributed by atoms with E-state index in [-0.39, 0.29) is 11.9 Å². The Bertz CT molecular complexity index is 695. The molecule has 0 aliphatic carbocycles. The molecule has 0 aromatic heterocycles. The monoisotopic (exact) mass is 368 g/mol. The van der Waals surface area contributed by atoms with Crippen molar-refractivity contribution in [2.24, 2.45) is 0 Å². The second-order valence-corrected chi connectivity index (χ2v) is 7.00. The Kier molecular flexibility index (Phi) is 7.25. The highest BCUT2D eigenvalue weighted by Crippen LogP contribution is 2.17. The van der Waals surface area contributed by atoms with Crippen molar-refractivity contribution in [1.82, 2.24) is 10.2 Å². The van der Waals surface area contributed by atoms with Gasteiger partial charge in [-0.25, -0.2) is 0 Å². The number of carbonyl (C=O) groups is 1. The van der Waals surface area contributed by atoms with Crippen LogP contribution in [0.2, 0.25) is 0 Å². The summed E-state index contributed by atoms with van der Waals surface area (Å²) < 4.78 is 5.84. The van der Waals surface area contributed by atoms with Crippen molar-refractivity contribution in [1.29, 1.82) is 0 Å². The van der Waals surface area contributed by atoms with Gasteiger partial charge in [0.2, 0.25) is 5.91 Å². The van der Waals surface area contributed by atoms with Crippen LogP contribution in [-0.2, 0) is 17.8 Å². The summed E-state index contributed by atoms with van der Waals surface area (Å²) in [5.74, 6) is 0.622. The van der Waals surface area contributed by atoms with Crippen LogP contribution >= 0.6 is 0 Å². The van der Waals surface area contributed by atoms with E-state index in [1.54, 1.807) is 0 Å². The first kappa shape index (κ1) is 19.4. The van der Waals surface area contributed by atoms with Crippen molar-refractivity contribution in [2.45, 2.75) is 31.8 Å². The number of nitrogens with zero attached hydrogens (tertiary/aromatic N) is 1. The largest absolute Gasteiger partial charge is 0.493 e. The summed E-state index contributed by atoms with van der Waals surface area (Å²) in [5.41, 5.74) is 2.55. The van der Waals surface area contributed by atoms with Gasteiger partial charge in [0.05, 0.1) is 6.61 Å². The molecule has 2 aromatic carbocycles. The molecule has 27 heavy (non-hydrogen) atoms. The van der Waals surface area contributed by atoms with Crippen LogP contribution in [0.25, 0.3) is 0 Å². The van der Waals surface area contributed by atoms with E-state index in [4.69, 9.17) is 9.84 Å². The molecule has 1 amide bonds. The number of nitrogens with one attached hydrogen (secondary N) is 1. The standard InChI is InChI=1S/C22H28N2O3/c25-17-22(26)23-20-10-13-24(14-11-20)16-19-6-8-21(9-7-19)27-15-12-18-4-2-1-3-5-18/h1-9,20,25H,10-17H2,(H,23,26). The third kappa shape index (κ3) is 6.38. The van der Waals surface area contributed by atoms with Gasteiger partial charge in [-0.15, -0.1) is 0 Å². The average molecular weight is 368 g/mol. The van der Waals surface area contributed by atoms with Gasteiger partial charge in [0.15, 0.2) is 0 Å². The Hall–Kier alpha value is -2.37. The Morgan fingerprint density at radius 2 is 1.74 bits per heavy atom. The summed E-state index contributed by atoms with van der Waals surface area (Å²) in [5, 5.41) is 11.7. The van der Waals surface area contributed by atoms with Crippen molar-refractivity contribution in [2.75, 3.05) is 26.3 Å². The molecule has 1 heterocycles. The lowest BCUT2D eigenvalue weighted by Crippen LogP contribution is -2.45. The number of hydrogen-bond donors (Lipinski definition) is 2. The lowest BCUT2D eigenvalue weighted by molar-refractivity contribution is -0.124. The van der Waals surface area contributed by atoms with Gasteiger partial charge >= 0.3 is 0 Å². The van der Waals surface area contributed by atoms with Gasteiger partial charge in [-0.05, 0) is 36.1 Å². The second-order valence-electron chi connectivity index (χ2n) is 7.00. The number of carbonyl (C=O) groups excluding carboxylic acids is 1. The number of piperidine rings is 1. The number of hydrogen-bond acceptors (Lipinski definition) is 4. The van der Waals surface area contributed by atoms with Crippen LogP contribution in [0.15, 0.2) is 54.6 Å². The predicted molar refractivity (Wildman–Crippen MR) is 106 cm³/mol. The fourth-order valence-corrected chi connectivity index (χ4v) is 3.39. The first-order valence-electron chi connectivity index (χ1n) is 9.61. The maximum Gasteiger partial charge on any atom is 0.245 e. The van der Waals surface area contributed by atoms with Crippen LogP contribution in [0.1, 0.15) is 24.0 Å². The number of rotatable bonds is 8. The van der Waals surface area contributed by atoms with E-state index in [2.05, 4.69) is 34.5 Å². The van der Waals surface area contributed by atoms with Crippen molar-refractivity contribution in [3.8, 4) is 5.75 Å². The van der Waals surface area contributed by atoms with Crippen molar-refractivity contribution in [3.05, 3.63) is 65.7 Å². The molecule has 3 rings (SSSR count). The molecule has 0 unspecified atom stereocenters. The summed E-state index contributed by atoms with van der Waals surface area (Å²) in [6, 6.07) is 18.9. The number of likely N-dealkylation sites (tertiary alicyclic amines) is 1. The van der Waals surface area contributed by atoms with Crippen LogP contribution < -0.4 is 10.1 Å². The minimum atomic E-state index is -0.431. The number of ether oxygens (including phenoxy) is 1. The highest BCUT2D eigenvalue weighted by Gasteiger charge is 2.20. The third-order valence-electron chi connectivity index (χ3n) is 4.93. The smallest absolute Gasteiger partial charge is 0.245 e. The lowest BCUT2D eigenvalue weighted by Gasteiger charge is -2.32. The van der Waals surface area contributed by atoms with Crippen LogP contribution in [0.4, 0.5) is 0 Å². The molecule has 0 saturated carbocycles. The highest BCUT2D eigenvalue weighted by molar-refractivity contribution is 5.77. The average Bonchev–Trinajstić information content (AvgIpc) is 2.71. The summed E-state index contributed by atoms with van der Waals surface area (Å²) in [6.45, 7) is 3.05. The van der Waals surface area contributed by atoms with Gasteiger partial charge in [-0.2, -0.15) is 0 Å². The van der Waals surface area contributed by atoms with Gasteiger partial charge in [0.1, 0.15) is 12.4 Å². The number of aliphatic hydroxyl groups excluding tert-OH is 1. The molecule has 1 fully saturated rings. The quantitative estimate of drug-likeness (QED) is 0.751. The first-order valence-corrected chi connectivity index (χ1v) is 9.61. The molecule has 144 valence electrons. The minimum Gasteiger partial charge on any atom is -0.493 e. The van der Waals surface area contributed by atoms with Gasteiger partial charge in [0.25, 0.3) is 0 Å². The van der Waals surface area contributed by atoms with E-state index in [0.717, 1.165) is 44.6 Å². The zero-order valence-corrected chi connectivity index (χ0v) is 15.6. The van der Waals surface area contributed by atoms with Crippen LogP contribution in [0.3, 0.4) is 0 Å². The summed E-state index contributed by atoms with van der Waals surface area (Å²) in [7, 11) is 0. The molecule has 1 saturated heterocycles. The zero-order valence-electron chi connectivity index (χ0n) is 15.6. The molecule has 1 aliphatic heterocycles. The molecule has 1 aliphatic rings. The van der Waals surface area contributed by atoms with Gasteiger partial charge in [-0.3, -0.25) is 9.69 Å². The highest BCUT2D eigenvalue weighted by atomic mass is 16.5. The van der Waals surface area contributed by atoms with E-state index in [9.17, 15) is 4.79 Å². The van der Waals surface area contributed by atoms with E-state index < -0.39 is 6.61 Å². The molecule has 0 radical (unpaired) electrons. The molecule has 0 bridgehead atoms. The SMILES string of the molecule is O=C(CO)NC1CCN(Cc2ccc(OCCc3ccccc3)cc2)CC1. The normalized spacial score (nSPS) is 15.4. The Balaban J connectivity index is 1.38. The maximum absolute atomic E-state index is 11.3. The van der Waals surface area contributed by atoms with E-state index in [0.29, 0.717) is 6.61 Å². The molecular weight excluding hydrogens is 340 g/mol. The fourth-order valence-electron chi connectivity index (χ4n) is 3.39. The Morgan fingerprint density at radius 1 is 1.04 bits per heavy atom. The second kappa shape index (κ2) is 10.1. The molecule has 2 N–H and O–H groups in total. The van der Waals surface area contributed by atoms with E-state index in [1.807, 2.05) is 30.3 Å². The maximum atomic E-state index is 11.3. The minimum absolute atomic E-state index is 0.182. The molecule has 0 atom stereocenters. The summed E-state index contributed by atoms with van der Waals surface area (Å²) in [6.07, 6.45) is 2.75. The van der Waals surface area contributed by atoms with Crippen molar-refractivity contribution < 1.29 is 14.6 Å². The lowest BCUT2D eigenvalue weighted by atomic mass is 10.0. The van der Waals surface area contributed by atoms with Crippen molar-refractivity contribution in [3.63, 3.8) is 0 Å². The molecule has 2 aromatic rings.